The van der Waals surface area contributed by atoms with E-state index in [9.17, 15) is 14.0 Å². The quantitative estimate of drug-likeness (QED) is 0.665. The molecule has 3 rings (SSSR count). The Hall–Kier alpha value is -3.48. The van der Waals surface area contributed by atoms with Crippen molar-refractivity contribution in [2.45, 2.75) is 19.4 Å². The maximum absolute atomic E-state index is 13.8. The van der Waals surface area contributed by atoms with Crippen molar-refractivity contribution in [1.82, 2.24) is 15.2 Å². The third-order valence-electron chi connectivity index (χ3n) is 4.53. The Balaban J connectivity index is 1.54. The van der Waals surface area contributed by atoms with Gasteiger partial charge in [-0.05, 0) is 29.8 Å². The first kappa shape index (κ1) is 20.3. The molecule has 0 radical (unpaired) electrons. The van der Waals surface area contributed by atoms with Crippen molar-refractivity contribution in [2.75, 3.05) is 14.1 Å². The molecule has 2 amide bonds. The van der Waals surface area contributed by atoms with E-state index in [0.29, 0.717) is 35.7 Å². The van der Waals surface area contributed by atoms with Crippen LogP contribution in [0.4, 0.5) is 4.39 Å². The Morgan fingerprint density at radius 1 is 1.14 bits per heavy atom. The van der Waals surface area contributed by atoms with E-state index in [4.69, 9.17) is 4.42 Å². The number of halogens is 1. The molecule has 1 aromatic heterocycles. The zero-order chi connectivity index (χ0) is 20.8. The lowest BCUT2D eigenvalue weighted by Gasteiger charge is -2.17. The number of carbonyl (C=O) groups is 2. The van der Waals surface area contributed by atoms with Crippen LogP contribution in [-0.2, 0) is 17.8 Å². The molecule has 0 spiro atoms. The number of aryl methyl sites for hydroxylation is 1. The summed E-state index contributed by atoms with van der Waals surface area (Å²) in [6, 6.07) is 13.4. The molecule has 0 aliphatic rings. The summed E-state index contributed by atoms with van der Waals surface area (Å²) in [5, 5.41) is 2.57. The summed E-state index contributed by atoms with van der Waals surface area (Å²) >= 11 is 0. The molecule has 7 heteroatoms. The van der Waals surface area contributed by atoms with Crippen LogP contribution in [0.2, 0.25) is 0 Å². The molecule has 3 aromatic rings. The first-order valence-electron chi connectivity index (χ1n) is 9.22. The number of nitrogens with zero attached hydrogens (tertiary/aromatic N) is 2. The van der Waals surface area contributed by atoms with Gasteiger partial charge in [0.15, 0.2) is 11.7 Å². The van der Waals surface area contributed by atoms with Crippen LogP contribution in [0.5, 0.6) is 0 Å². The Morgan fingerprint density at radius 3 is 2.55 bits per heavy atom. The standard InChI is InChI=1S/C22H22FN3O3/c1-24-22(28)16-9-7-15(8-10-16)14-26(2)21(27)12-11-20-25-13-19(29-20)17-5-3-4-6-18(17)23/h3-10,13H,11-12,14H2,1-2H3,(H,24,28). The summed E-state index contributed by atoms with van der Waals surface area (Å²) in [6.45, 7) is 0.429. The van der Waals surface area contributed by atoms with Gasteiger partial charge < -0.3 is 14.6 Å². The Labute approximate surface area is 168 Å². The highest BCUT2D eigenvalue weighted by Gasteiger charge is 2.14. The first-order chi connectivity index (χ1) is 14.0. The molecule has 6 nitrogen and oxygen atoms in total. The molecule has 29 heavy (non-hydrogen) atoms. The molecule has 2 aromatic carbocycles. The van der Waals surface area contributed by atoms with Gasteiger partial charge in [0, 0.05) is 39.0 Å². The number of hydrogen-bond donors (Lipinski definition) is 1. The predicted molar refractivity (Wildman–Crippen MR) is 107 cm³/mol. The normalized spacial score (nSPS) is 10.6. The highest BCUT2D eigenvalue weighted by molar-refractivity contribution is 5.93. The summed E-state index contributed by atoms with van der Waals surface area (Å²) in [4.78, 5) is 29.7. The zero-order valence-corrected chi connectivity index (χ0v) is 16.3. The van der Waals surface area contributed by atoms with Crippen LogP contribution in [0.15, 0.2) is 59.1 Å². The van der Waals surface area contributed by atoms with Crippen molar-refractivity contribution in [3.8, 4) is 11.3 Å². The second-order valence-electron chi connectivity index (χ2n) is 6.62. The lowest BCUT2D eigenvalue weighted by atomic mass is 10.1. The van der Waals surface area contributed by atoms with Crippen molar-refractivity contribution in [2.24, 2.45) is 0 Å². The van der Waals surface area contributed by atoms with Gasteiger partial charge in [-0.25, -0.2) is 9.37 Å². The smallest absolute Gasteiger partial charge is 0.251 e. The van der Waals surface area contributed by atoms with Gasteiger partial charge >= 0.3 is 0 Å². The average molecular weight is 395 g/mol. The minimum Gasteiger partial charge on any atom is -0.441 e. The number of hydrogen-bond acceptors (Lipinski definition) is 4. The van der Waals surface area contributed by atoms with Gasteiger partial charge in [0.25, 0.3) is 5.91 Å². The summed E-state index contributed by atoms with van der Waals surface area (Å²) in [5.74, 6) is 0.135. The SMILES string of the molecule is CNC(=O)c1ccc(CN(C)C(=O)CCc2ncc(-c3ccccc3F)o2)cc1. The number of carbonyl (C=O) groups excluding carboxylic acids is 2. The van der Waals surface area contributed by atoms with Gasteiger partial charge in [-0.3, -0.25) is 9.59 Å². The van der Waals surface area contributed by atoms with E-state index in [1.165, 1.54) is 12.3 Å². The fraction of sp³-hybridized carbons (Fsp3) is 0.227. The van der Waals surface area contributed by atoms with E-state index >= 15 is 0 Å². The van der Waals surface area contributed by atoms with Crippen LogP contribution in [0.1, 0.15) is 28.2 Å². The van der Waals surface area contributed by atoms with Crippen LogP contribution < -0.4 is 5.32 Å². The van der Waals surface area contributed by atoms with Crippen LogP contribution in [0.25, 0.3) is 11.3 Å². The van der Waals surface area contributed by atoms with Crippen LogP contribution >= 0.6 is 0 Å². The average Bonchev–Trinajstić information content (AvgIpc) is 3.21. The lowest BCUT2D eigenvalue weighted by molar-refractivity contribution is -0.130. The van der Waals surface area contributed by atoms with E-state index in [0.717, 1.165) is 5.56 Å². The molecule has 1 heterocycles. The molecular weight excluding hydrogens is 373 g/mol. The fourth-order valence-electron chi connectivity index (χ4n) is 2.88. The second kappa shape index (κ2) is 9.14. The maximum Gasteiger partial charge on any atom is 0.251 e. The van der Waals surface area contributed by atoms with E-state index < -0.39 is 0 Å². The van der Waals surface area contributed by atoms with Gasteiger partial charge in [0.2, 0.25) is 5.91 Å². The van der Waals surface area contributed by atoms with E-state index in [1.807, 2.05) is 12.1 Å². The van der Waals surface area contributed by atoms with Gasteiger partial charge in [-0.2, -0.15) is 0 Å². The number of rotatable bonds is 7. The zero-order valence-electron chi connectivity index (χ0n) is 16.3. The minimum absolute atomic E-state index is 0.0639. The van der Waals surface area contributed by atoms with Gasteiger partial charge in [0.05, 0.1) is 11.8 Å². The summed E-state index contributed by atoms with van der Waals surface area (Å²) < 4.78 is 19.4. The largest absolute Gasteiger partial charge is 0.441 e. The molecule has 0 saturated carbocycles. The van der Waals surface area contributed by atoms with E-state index in [1.54, 1.807) is 49.3 Å². The van der Waals surface area contributed by atoms with Crippen molar-refractivity contribution in [1.29, 1.82) is 0 Å². The van der Waals surface area contributed by atoms with Crippen LogP contribution in [0.3, 0.4) is 0 Å². The van der Waals surface area contributed by atoms with E-state index in [2.05, 4.69) is 10.3 Å². The van der Waals surface area contributed by atoms with Crippen molar-refractivity contribution >= 4 is 11.8 Å². The Morgan fingerprint density at radius 2 is 1.86 bits per heavy atom. The molecule has 0 aliphatic heterocycles. The number of amides is 2. The molecule has 150 valence electrons. The number of nitrogens with one attached hydrogen (secondary N) is 1. The van der Waals surface area contributed by atoms with Crippen molar-refractivity contribution in [3.05, 3.63) is 77.6 Å². The minimum atomic E-state index is -0.381. The van der Waals surface area contributed by atoms with Gasteiger partial charge in [0.1, 0.15) is 5.82 Å². The molecule has 1 N–H and O–H groups in total. The molecular formula is C22H22FN3O3. The molecule has 0 aliphatic carbocycles. The molecule has 0 atom stereocenters. The van der Waals surface area contributed by atoms with Crippen LogP contribution in [-0.4, -0.2) is 35.8 Å². The third-order valence-corrected chi connectivity index (χ3v) is 4.53. The number of aromatic nitrogens is 1. The Kier molecular flexibility index (Phi) is 6.39. The number of oxazole rings is 1. The lowest BCUT2D eigenvalue weighted by Crippen LogP contribution is -2.26. The van der Waals surface area contributed by atoms with Gasteiger partial charge in [-0.15, -0.1) is 0 Å². The molecule has 0 fully saturated rings. The molecule has 0 saturated heterocycles. The molecule has 0 unspecified atom stereocenters. The first-order valence-corrected chi connectivity index (χ1v) is 9.22. The van der Waals surface area contributed by atoms with E-state index in [-0.39, 0.29) is 24.1 Å². The third kappa shape index (κ3) is 5.07. The highest BCUT2D eigenvalue weighted by Crippen LogP contribution is 2.23. The second-order valence-corrected chi connectivity index (χ2v) is 6.62. The van der Waals surface area contributed by atoms with Crippen LogP contribution in [0, 0.1) is 5.82 Å². The predicted octanol–water partition coefficient (Wildman–Crippen LogP) is 3.43. The summed E-state index contributed by atoms with van der Waals surface area (Å²) in [6.07, 6.45) is 2.02. The fourth-order valence-corrected chi connectivity index (χ4v) is 2.88. The summed E-state index contributed by atoms with van der Waals surface area (Å²) in [7, 11) is 3.30. The Bertz CT molecular complexity index is 999. The maximum atomic E-state index is 13.8. The van der Waals surface area contributed by atoms with Crippen molar-refractivity contribution < 1.29 is 18.4 Å². The van der Waals surface area contributed by atoms with Crippen molar-refractivity contribution in [3.63, 3.8) is 0 Å². The highest BCUT2D eigenvalue weighted by atomic mass is 19.1. The summed E-state index contributed by atoms with van der Waals surface area (Å²) in [5.41, 5.74) is 1.83. The molecule has 0 bridgehead atoms. The monoisotopic (exact) mass is 395 g/mol. The number of benzene rings is 2. The topological polar surface area (TPSA) is 75.4 Å². The van der Waals surface area contributed by atoms with Gasteiger partial charge in [-0.1, -0.05) is 24.3 Å².